The van der Waals surface area contributed by atoms with E-state index in [0.29, 0.717) is 56.1 Å². The van der Waals surface area contributed by atoms with Crippen molar-refractivity contribution in [2.75, 3.05) is 47.5 Å². The average molecular weight is 572 g/mol. The van der Waals surface area contributed by atoms with Crippen LogP contribution in [0.5, 0.6) is 17.2 Å². The number of amides is 3. The van der Waals surface area contributed by atoms with E-state index in [-0.39, 0.29) is 43.1 Å². The van der Waals surface area contributed by atoms with Crippen LogP contribution in [0, 0.1) is 0 Å². The zero-order valence-electron chi connectivity index (χ0n) is 24.0. The Hall–Kier alpha value is -4.28. The molecule has 0 spiro atoms. The van der Waals surface area contributed by atoms with Crippen molar-refractivity contribution in [3.63, 3.8) is 0 Å². The van der Waals surface area contributed by atoms with Crippen LogP contribution in [-0.4, -0.2) is 81.7 Å². The molecular weight excluding hydrogens is 530 g/mol. The molecule has 1 atom stereocenters. The first kappa shape index (κ1) is 32.9. The molecular formula is C30H41N3O8. The molecule has 1 aliphatic heterocycles. The zero-order chi connectivity index (χ0) is 30.0. The predicted octanol–water partition coefficient (Wildman–Crippen LogP) is 2.76. The molecule has 0 saturated carbocycles. The van der Waals surface area contributed by atoms with Gasteiger partial charge in [-0.25, -0.2) is 0 Å². The van der Waals surface area contributed by atoms with E-state index in [1.165, 1.54) is 0 Å². The molecule has 41 heavy (non-hydrogen) atoms. The third-order valence-electron chi connectivity index (χ3n) is 6.77. The second-order valence-corrected chi connectivity index (χ2v) is 9.44. The molecule has 3 N–H and O–H groups in total. The molecule has 1 saturated heterocycles. The van der Waals surface area contributed by atoms with E-state index in [0.717, 1.165) is 24.0 Å². The number of carbonyl (C=O) groups excluding carboxylic acids is 3. The number of ether oxygens (including phenoxy) is 3. The number of aryl methyl sites for hydroxylation is 1. The van der Waals surface area contributed by atoms with Crippen molar-refractivity contribution in [3.8, 4) is 17.2 Å². The second kappa shape index (κ2) is 18.1. The molecule has 3 amide bonds. The van der Waals surface area contributed by atoms with Crippen LogP contribution in [-0.2, 0) is 25.6 Å². The summed E-state index contributed by atoms with van der Waals surface area (Å²) < 4.78 is 16.2. The number of rotatable bonds is 7. The number of nitrogens with zero attached hydrogens (tertiary/aromatic N) is 1. The average Bonchev–Trinajstić information content (AvgIpc) is 2.98. The van der Waals surface area contributed by atoms with E-state index in [1.54, 1.807) is 26.2 Å². The lowest BCUT2D eigenvalue weighted by atomic mass is 9.91. The molecule has 2 aromatic rings. The molecule has 0 aromatic heterocycles. The van der Waals surface area contributed by atoms with Gasteiger partial charge in [-0.1, -0.05) is 30.3 Å². The molecule has 1 heterocycles. The summed E-state index contributed by atoms with van der Waals surface area (Å²) in [7, 11) is 4.64. The Bertz CT molecular complexity index is 1100. The second-order valence-electron chi connectivity index (χ2n) is 9.44. The van der Waals surface area contributed by atoms with E-state index in [2.05, 4.69) is 22.8 Å². The molecule has 11 nitrogen and oxygen atoms in total. The molecule has 1 unspecified atom stereocenters. The van der Waals surface area contributed by atoms with Crippen LogP contribution >= 0.6 is 0 Å². The van der Waals surface area contributed by atoms with E-state index in [1.807, 2.05) is 30.3 Å². The third-order valence-corrected chi connectivity index (χ3v) is 6.77. The van der Waals surface area contributed by atoms with Crippen molar-refractivity contribution in [1.82, 2.24) is 15.5 Å². The molecule has 2 aromatic carbocycles. The van der Waals surface area contributed by atoms with Gasteiger partial charge in [0.05, 0.1) is 27.9 Å². The summed E-state index contributed by atoms with van der Waals surface area (Å²) in [5.74, 6) is 1.41. The van der Waals surface area contributed by atoms with Crippen molar-refractivity contribution in [3.05, 3.63) is 53.6 Å². The Balaban J connectivity index is 0.00000187. The zero-order valence-corrected chi connectivity index (χ0v) is 24.0. The van der Waals surface area contributed by atoms with Crippen LogP contribution in [0.4, 0.5) is 0 Å². The molecule has 3 rings (SSSR count). The molecule has 1 aliphatic rings. The first-order valence-corrected chi connectivity index (χ1v) is 13.6. The van der Waals surface area contributed by atoms with Gasteiger partial charge in [-0.15, -0.1) is 0 Å². The fourth-order valence-electron chi connectivity index (χ4n) is 4.69. The Kier molecular flexibility index (Phi) is 14.6. The first-order valence-electron chi connectivity index (χ1n) is 13.6. The highest BCUT2D eigenvalue weighted by molar-refractivity contribution is 5.85. The van der Waals surface area contributed by atoms with Gasteiger partial charge in [0.25, 0.3) is 6.47 Å². The van der Waals surface area contributed by atoms with E-state index >= 15 is 0 Å². The molecule has 224 valence electrons. The lowest BCUT2D eigenvalue weighted by Gasteiger charge is -2.24. The van der Waals surface area contributed by atoms with Crippen LogP contribution in [0.1, 0.15) is 49.1 Å². The smallest absolute Gasteiger partial charge is 0.290 e. The van der Waals surface area contributed by atoms with Gasteiger partial charge in [-0.05, 0) is 54.9 Å². The lowest BCUT2D eigenvalue weighted by Crippen LogP contribution is -2.42. The SMILES string of the molecule is COc1cc(CCC(=O)N2CCCNC(=O)CCC(c3ccccc3)CCNC(=O)C2)cc(OC)c1OC.O=CO. The maximum Gasteiger partial charge on any atom is 0.290 e. The van der Waals surface area contributed by atoms with Gasteiger partial charge in [-0.3, -0.25) is 19.2 Å². The van der Waals surface area contributed by atoms with Gasteiger partial charge in [0.15, 0.2) is 11.5 Å². The molecule has 0 aliphatic carbocycles. The number of carboxylic acid groups (broad SMARTS) is 1. The summed E-state index contributed by atoms with van der Waals surface area (Å²) in [5.41, 5.74) is 2.02. The summed E-state index contributed by atoms with van der Waals surface area (Å²) in [5, 5.41) is 12.8. The van der Waals surface area contributed by atoms with Crippen LogP contribution in [0.15, 0.2) is 42.5 Å². The third kappa shape index (κ3) is 11.0. The number of carbonyl (C=O) groups is 4. The number of methoxy groups -OCH3 is 3. The van der Waals surface area contributed by atoms with Crippen LogP contribution in [0.3, 0.4) is 0 Å². The Morgan fingerprint density at radius 3 is 2.22 bits per heavy atom. The van der Waals surface area contributed by atoms with Gasteiger partial charge < -0.3 is 34.9 Å². The predicted molar refractivity (Wildman–Crippen MR) is 153 cm³/mol. The van der Waals surface area contributed by atoms with Crippen molar-refractivity contribution in [2.45, 2.75) is 44.4 Å². The quantitative estimate of drug-likeness (QED) is 0.431. The van der Waals surface area contributed by atoms with Crippen molar-refractivity contribution < 1.29 is 38.5 Å². The Morgan fingerprint density at radius 2 is 1.61 bits per heavy atom. The van der Waals surface area contributed by atoms with Gasteiger partial charge in [0.2, 0.25) is 23.5 Å². The highest BCUT2D eigenvalue weighted by Crippen LogP contribution is 2.38. The maximum atomic E-state index is 13.2. The molecule has 0 bridgehead atoms. The number of hydrogen-bond donors (Lipinski definition) is 3. The standard InChI is InChI=1S/C29H39N3O6.CH2O2/c1-36-24-18-21(19-25(37-2)29(24)38-3)10-13-28(35)32-17-7-15-30-26(33)12-11-23(14-16-31-27(34)20-32)22-8-5-4-6-9-22;2-1-3/h4-6,8-9,18-19,23H,7,10-17,20H2,1-3H3,(H,30,33)(H,31,34);1H,(H,2,3). The van der Waals surface area contributed by atoms with E-state index in [9.17, 15) is 14.4 Å². The van der Waals surface area contributed by atoms with Crippen LogP contribution in [0.2, 0.25) is 0 Å². The monoisotopic (exact) mass is 571 g/mol. The highest BCUT2D eigenvalue weighted by atomic mass is 16.5. The summed E-state index contributed by atoms with van der Waals surface area (Å²) in [6.07, 6.45) is 3.09. The summed E-state index contributed by atoms with van der Waals surface area (Å²) in [4.78, 5) is 48.3. The maximum absolute atomic E-state index is 13.2. The lowest BCUT2D eigenvalue weighted by molar-refractivity contribution is -0.136. The van der Waals surface area contributed by atoms with Gasteiger partial charge in [0, 0.05) is 32.5 Å². The largest absolute Gasteiger partial charge is 0.493 e. The Labute approximate surface area is 241 Å². The van der Waals surface area contributed by atoms with Gasteiger partial charge >= 0.3 is 0 Å². The van der Waals surface area contributed by atoms with Gasteiger partial charge in [0.1, 0.15) is 0 Å². The number of nitrogens with one attached hydrogen (secondary N) is 2. The van der Waals surface area contributed by atoms with Crippen molar-refractivity contribution in [2.24, 2.45) is 0 Å². The molecule has 0 radical (unpaired) electrons. The number of hydrogen-bond acceptors (Lipinski definition) is 7. The molecule has 1 fully saturated rings. The summed E-state index contributed by atoms with van der Waals surface area (Å²) >= 11 is 0. The normalized spacial score (nSPS) is 16.6. The minimum Gasteiger partial charge on any atom is -0.493 e. The Morgan fingerprint density at radius 1 is 0.976 bits per heavy atom. The van der Waals surface area contributed by atoms with Crippen LogP contribution in [0.25, 0.3) is 0 Å². The van der Waals surface area contributed by atoms with Crippen molar-refractivity contribution >= 4 is 24.2 Å². The minimum absolute atomic E-state index is 0.00676. The number of benzene rings is 2. The minimum atomic E-state index is -0.250. The highest BCUT2D eigenvalue weighted by Gasteiger charge is 2.20. The fraction of sp³-hybridized carbons (Fsp3) is 0.467. The fourth-order valence-corrected chi connectivity index (χ4v) is 4.69. The van der Waals surface area contributed by atoms with Crippen molar-refractivity contribution in [1.29, 1.82) is 0 Å². The summed E-state index contributed by atoms with van der Waals surface area (Å²) in [6.45, 7) is 1.05. The summed E-state index contributed by atoms with van der Waals surface area (Å²) in [6, 6.07) is 13.7. The van der Waals surface area contributed by atoms with Gasteiger partial charge in [-0.2, -0.15) is 0 Å². The topological polar surface area (TPSA) is 144 Å². The van der Waals surface area contributed by atoms with E-state index < -0.39 is 0 Å². The van der Waals surface area contributed by atoms with Crippen LogP contribution < -0.4 is 24.8 Å². The molecule has 11 heteroatoms. The van der Waals surface area contributed by atoms with E-state index in [4.69, 9.17) is 24.1 Å². The first-order chi connectivity index (χ1) is 19.9.